The van der Waals surface area contributed by atoms with Gasteiger partial charge in [-0.25, -0.2) is 15.0 Å². The number of imidazole rings is 1. The van der Waals surface area contributed by atoms with Gasteiger partial charge in [-0.2, -0.15) is 5.10 Å². The zero-order valence-corrected chi connectivity index (χ0v) is 15.0. The smallest absolute Gasteiger partial charge is 0.177 e. The van der Waals surface area contributed by atoms with Crippen LogP contribution in [-0.4, -0.2) is 65.5 Å². The summed E-state index contributed by atoms with van der Waals surface area (Å²) in [4.78, 5) is 12.7. The van der Waals surface area contributed by atoms with Crippen molar-refractivity contribution in [2.24, 2.45) is 5.10 Å². The van der Waals surface area contributed by atoms with Crippen LogP contribution in [0.1, 0.15) is 18.7 Å². The number of nitrogens with one attached hydrogen (secondary N) is 1. The van der Waals surface area contributed by atoms with Crippen molar-refractivity contribution in [2.75, 3.05) is 12.0 Å². The first-order valence-corrected chi connectivity index (χ1v) is 8.76. The Morgan fingerprint density at radius 2 is 1.96 bits per heavy atom. The van der Waals surface area contributed by atoms with E-state index in [0.29, 0.717) is 17.0 Å². The van der Waals surface area contributed by atoms with Gasteiger partial charge in [0.15, 0.2) is 23.2 Å². The largest absolute Gasteiger partial charge is 0.394 e. The van der Waals surface area contributed by atoms with Crippen LogP contribution in [0.2, 0.25) is 0 Å². The van der Waals surface area contributed by atoms with E-state index < -0.39 is 31.1 Å². The first-order valence-electron chi connectivity index (χ1n) is 8.76. The highest BCUT2D eigenvalue weighted by molar-refractivity contribution is 5.99. The average Bonchev–Trinajstić information content (AvgIpc) is 3.28. The molecular formula is C18H20N6O4. The van der Waals surface area contributed by atoms with Gasteiger partial charge in [0.2, 0.25) is 0 Å². The summed E-state index contributed by atoms with van der Waals surface area (Å²) in [6.45, 7) is 1.47. The Balaban J connectivity index is 1.63. The number of aliphatic hydroxyl groups is 3. The van der Waals surface area contributed by atoms with Crippen LogP contribution >= 0.6 is 0 Å². The molecule has 0 saturated carbocycles. The van der Waals surface area contributed by atoms with Crippen molar-refractivity contribution in [3.63, 3.8) is 0 Å². The van der Waals surface area contributed by atoms with Gasteiger partial charge in [-0.3, -0.25) is 9.99 Å². The van der Waals surface area contributed by atoms with E-state index in [1.54, 1.807) is 0 Å². The Bertz CT molecular complexity index is 992. The SMILES string of the molecule is C/C(=N/Nc1ncnc2c1ncn2C1O[C@H](CO)[C@@H](O)[C@H]1O)c1ccccc1. The predicted octanol–water partition coefficient (Wildman–Crippen LogP) is 0.274. The van der Waals surface area contributed by atoms with E-state index in [-0.39, 0.29) is 0 Å². The number of nitrogens with zero attached hydrogens (tertiary/aromatic N) is 5. The molecular weight excluding hydrogens is 364 g/mol. The Hall–Kier alpha value is -2.92. The lowest BCUT2D eigenvalue weighted by molar-refractivity contribution is -0.0511. The van der Waals surface area contributed by atoms with E-state index in [4.69, 9.17) is 4.74 Å². The second kappa shape index (κ2) is 7.60. The molecule has 1 fully saturated rings. The fourth-order valence-corrected chi connectivity index (χ4v) is 3.11. The highest BCUT2D eigenvalue weighted by Gasteiger charge is 2.44. The summed E-state index contributed by atoms with van der Waals surface area (Å²) in [5.41, 5.74) is 5.48. The van der Waals surface area contributed by atoms with Crippen molar-refractivity contribution >= 4 is 22.7 Å². The fraction of sp³-hybridized carbons (Fsp3) is 0.333. The van der Waals surface area contributed by atoms with Gasteiger partial charge >= 0.3 is 0 Å². The first kappa shape index (κ1) is 18.4. The maximum Gasteiger partial charge on any atom is 0.177 e. The summed E-state index contributed by atoms with van der Waals surface area (Å²) in [5.74, 6) is 0.394. The minimum absolute atomic E-state index is 0.394. The molecule has 4 N–H and O–H groups in total. The summed E-state index contributed by atoms with van der Waals surface area (Å²) in [5, 5.41) is 33.8. The maximum atomic E-state index is 10.2. The van der Waals surface area contributed by atoms with Gasteiger partial charge in [0.05, 0.1) is 18.6 Å². The van der Waals surface area contributed by atoms with Crippen LogP contribution in [0.3, 0.4) is 0 Å². The van der Waals surface area contributed by atoms with E-state index in [0.717, 1.165) is 11.3 Å². The van der Waals surface area contributed by atoms with Gasteiger partial charge in [0.1, 0.15) is 24.6 Å². The number of benzene rings is 1. The molecule has 4 atom stereocenters. The zero-order chi connectivity index (χ0) is 19.7. The van der Waals surface area contributed by atoms with Crippen molar-refractivity contribution in [3.05, 3.63) is 48.5 Å². The number of ether oxygens (including phenoxy) is 1. The summed E-state index contributed by atoms with van der Waals surface area (Å²) < 4.78 is 7.05. The Labute approximate surface area is 160 Å². The van der Waals surface area contributed by atoms with E-state index in [2.05, 4.69) is 25.5 Å². The first-order chi connectivity index (χ1) is 13.6. The van der Waals surface area contributed by atoms with Crippen LogP contribution in [0.4, 0.5) is 5.82 Å². The standard InChI is InChI=1S/C18H20N6O4/c1-10(11-5-3-2-4-6-11)22-23-16-13-17(20-8-19-16)24(9-21-13)18-15(27)14(26)12(7-25)28-18/h2-6,8-9,12,14-15,18,25-27H,7H2,1H3,(H,19,20,23)/b22-10-/t12-,14-,15-,18?/m1/s1. The molecule has 1 aliphatic heterocycles. The number of aromatic nitrogens is 4. The predicted molar refractivity (Wildman–Crippen MR) is 101 cm³/mol. The second-order valence-electron chi connectivity index (χ2n) is 6.45. The van der Waals surface area contributed by atoms with Gasteiger partial charge in [0.25, 0.3) is 0 Å². The van der Waals surface area contributed by atoms with E-state index >= 15 is 0 Å². The van der Waals surface area contributed by atoms with E-state index in [1.807, 2.05) is 37.3 Å². The number of anilines is 1. The normalized spacial score (nSPS) is 25.4. The number of hydrogen-bond donors (Lipinski definition) is 4. The average molecular weight is 384 g/mol. The van der Waals surface area contributed by atoms with Crippen LogP contribution in [0, 0.1) is 0 Å². The second-order valence-corrected chi connectivity index (χ2v) is 6.45. The molecule has 0 bridgehead atoms. The lowest BCUT2D eigenvalue weighted by Gasteiger charge is -2.16. The molecule has 1 saturated heterocycles. The third kappa shape index (κ3) is 3.22. The molecule has 0 spiro atoms. The lowest BCUT2D eigenvalue weighted by atomic mass is 10.1. The van der Waals surface area contributed by atoms with Crippen LogP contribution in [0.15, 0.2) is 48.1 Å². The number of hydrogen-bond acceptors (Lipinski definition) is 9. The number of rotatable bonds is 5. The van der Waals surface area contributed by atoms with Crippen LogP contribution in [0.5, 0.6) is 0 Å². The Morgan fingerprint density at radius 3 is 2.68 bits per heavy atom. The summed E-state index contributed by atoms with van der Waals surface area (Å²) in [7, 11) is 0. The van der Waals surface area contributed by atoms with E-state index in [9.17, 15) is 15.3 Å². The fourth-order valence-electron chi connectivity index (χ4n) is 3.11. The van der Waals surface area contributed by atoms with Crippen molar-refractivity contribution in [3.8, 4) is 0 Å². The van der Waals surface area contributed by atoms with Crippen LogP contribution < -0.4 is 5.43 Å². The molecule has 0 radical (unpaired) electrons. The van der Waals surface area contributed by atoms with Gasteiger partial charge in [-0.05, 0) is 12.5 Å². The highest BCUT2D eigenvalue weighted by atomic mass is 16.6. The van der Waals surface area contributed by atoms with Crippen molar-refractivity contribution in [1.29, 1.82) is 0 Å². The molecule has 1 unspecified atom stereocenters. The molecule has 0 aliphatic carbocycles. The molecule has 10 nitrogen and oxygen atoms in total. The minimum Gasteiger partial charge on any atom is -0.394 e. The third-order valence-corrected chi connectivity index (χ3v) is 4.67. The topological polar surface area (TPSA) is 138 Å². The Kier molecular flexibility index (Phi) is 5.01. The lowest BCUT2D eigenvalue weighted by Crippen LogP contribution is -2.33. The van der Waals surface area contributed by atoms with Gasteiger partial charge in [-0.1, -0.05) is 30.3 Å². The Morgan fingerprint density at radius 1 is 1.18 bits per heavy atom. The highest BCUT2D eigenvalue weighted by Crippen LogP contribution is 2.32. The molecule has 0 amide bonds. The molecule has 28 heavy (non-hydrogen) atoms. The summed E-state index contributed by atoms with van der Waals surface area (Å²) in [6, 6.07) is 9.70. The monoisotopic (exact) mass is 384 g/mol. The quantitative estimate of drug-likeness (QED) is 0.363. The molecule has 10 heteroatoms. The molecule has 4 rings (SSSR count). The summed E-state index contributed by atoms with van der Waals surface area (Å²) >= 11 is 0. The molecule has 3 aromatic rings. The molecule has 146 valence electrons. The maximum absolute atomic E-state index is 10.2. The van der Waals surface area contributed by atoms with Crippen LogP contribution in [-0.2, 0) is 4.74 Å². The minimum atomic E-state index is -1.22. The molecule has 1 aromatic carbocycles. The van der Waals surface area contributed by atoms with Gasteiger partial charge in [-0.15, -0.1) is 0 Å². The van der Waals surface area contributed by atoms with E-state index in [1.165, 1.54) is 17.2 Å². The van der Waals surface area contributed by atoms with Gasteiger partial charge < -0.3 is 20.1 Å². The van der Waals surface area contributed by atoms with Crippen molar-refractivity contribution in [2.45, 2.75) is 31.5 Å². The van der Waals surface area contributed by atoms with Crippen molar-refractivity contribution in [1.82, 2.24) is 19.5 Å². The summed E-state index contributed by atoms with van der Waals surface area (Å²) in [6.07, 6.45) is -1.44. The zero-order valence-electron chi connectivity index (χ0n) is 15.0. The molecule has 1 aliphatic rings. The number of aliphatic hydroxyl groups excluding tert-OH is 3. The molecule has 3 heterocycles. The van der Waals surface area contributed by atoms with Crippen molar-refractivity contribution < 1.29 is 20.1 Å². The number of hydrazone groups is 1. The van der Waals surface area contributed by atoms with Crippen LogP contribution in [0.25, 0.3) is 11.2 Å². The van der Waals surface area contributed by atoms with Gasteiger partial charge in [0, 0.05) is 0 Å². The number of fused-ring (bicyclic) bond motifs is 1. The molecule has 2 aromatic heterocycles. The third-order valence-electron chi connectivity index (χ3n) is 4.67.